The predicted octanol–water partition coefficient (Wildman–Crippen LogP) is 5.12. The van der Waals surface area contributed by atoms with Crippen LogP contribution in [0.2, 0.25) is 15.1 Å². The molecule has 0 spiro atoms. The number of rotatable bonds is 2. The van der Waals surface area contributed by atoms with Gasteiger partial charge in [-0.25, -0.2) is 0 Å². The van der Waals surface area contributed by atoms with Crippen molar-refractivity contribution in [1.82, 2.24) is 0 Å². The van der Waals surface area contributed by atoms with Gasteiger partial charge in [-0.05, 0) is 42.5 Å². The Morgan fingerprint density at radius 2 is 1.70 bits per heavy atom. The average molecular weight is 368 g/mol. The minimum Gasteiger partial charge on any atom is -0.437 e. The molecule has 3 aromatic rings. The summed E-state index contributed by atoms with van der Waals surface area (Å²) >= 11 is 17.8. The number of carbonyl (C=O) groups is 1. The lowest BCUT2D eigenvalue weighted by Crippen LogP contribution is -2.20. The molecule has 0 aliphatic carbocycles. The van der Waals surface area contributed by atoms with Crippen molar-refractivity contribution in [3.8, 4) is 0 Å². The quantitative estimate of drug-likeness (QED) is 0.660. The second kappa shape index (κ2) is 6.24. The number of carbonyl (C=O) groups excluding carboxylic acids is 1. The molecular weight excluding hydrogens is 359 g/mol. The fourth-order valence-electron chi connectivity index (χ4n) is 2.07. The molecule has 0 fully saturated rings. The zero-order valence-corrected chi connectivity index (χ0v) is 13.8. The maximum absolute atomic E-state index is 12.3. The number of hydrogen-bond acceptors (Lipinski definition) is 3. The Kier molecular flexibility index (Phi) is 4.31. The summed E-state index contributed by atoms with van der Waals surface area (Å²) in [6, 6.07) is 11.3. The lowest BCUT2D eigenvalue weighted by atomic mass is 10.1. The smallest absolute Gasteiger partial charge is 0.261 e. The van der Waals surface area contributed by atoms with Crippen LogP contribution >= 0.6 is 34.8 Å². The van der Waals surface area contributed by atoms with Gasteiger partial charge >= 0.3 is 0 Å². The third kappa shape index (κ3) is 3.34. The minimum atomic E-state index is -0.473. The second-order valence-electron chi connectivity index (χ2n) is 4.76. The summed E-state index contributed by atoms with van der Waals surface area (Å²) < 4.78 is 5.35. The van der Waals surface area contributed by atoms with Gasteiger partial charge in [0, 0.05) is 21.1 Å². The molecule has 1 amide bonds. The largest absolute Gasteiger partial charge is 0.437 e. The molecule has 1 aromatic heterocycles. The predicted molar refractivity (Wildman–Crippen MR) is 91.5 cm³/mol. The first-order chi connectivity index (χ1) is 10.9. The number of halogens is 3. The molecule has 2 aromatic carbocycles. The molecule has 2 N–H and O–H groups in total. The van der Waals surface area contributed by atoms with E-state index < -0.39 is 5.91 Å². The molecule has 0 radical (unpaired) electrons. The van der Waals surface area contributed by atoms with Crippen LogP contribution in [0.25, 0.3) is 11.0 Å². The lowest BCUT2D eigenvalue weighted by molar-refractivity contribution is 0.102. The zero-order chi connectivity index (χ0) is 16.6. The highest BCUT2D eigenvalue weighted by atomic mass is 35.5. The Balaban J connectivity index is 2.01. The highest BCUT2D eigenvalue weighted by Crippen LogP contribution is 2.27. The fourth-order valence-corrected chi connectivity index (χ4v) is 2.75. The third-order valence-corrected chi connectivity index (χ3v) is 3.88. The van der Waals surface area contributed by atoms with Gasteiger partial charge in [0.2, 0.25) is 5.55 Å². The topological polar surface area (TPSA) is 66.1 Å². The summed E-state index contributed by atoms with van der Waals surface area (Å²) in [4.78, 5) is 12.3. The standard InChI is InChI=1S/C16H9Cl3N2O2/c17-9-1-3-11(4-2-9)21-16(22)12-6-8-5-10(18)7-13(19)14(8)23-15(12)20/h1-7,20H,(H,21,22). The van der Waals surface area contributed by atoms with E-state index in [4.69, 9.17) is 44.6 Å². The Morgan fingerprint density at radius 3 is 2.39 bits per heavy atom. The van der Waals surface area contributed by atoms with Crippen molar-refractivity contribution in [2.24, 2.45) is 0 Å². The van der Waals surface area contributed by atoms with E-state index in [-0.39, 0.29) is 16.1 Å². The number of fused-ring (bicyclic) bond motifs is 1. The Bertz CT molecular complexity index is 965. The first-order valence-electron chi connectivity index (χ1n) is 6.48. The summed E-state index contributed by atoms with van der Waals surface area (Å²) in [5.74, 6) is -0.473. The van der Waals surface area contributed by atoms with Gasteiger partial charge in [0.1, 0.15) is 5.56 Å². The maximum Gasteiger partial charge on any atom is 0.261 e. The van der Waals surface area contributed by atoms with Gasteiger partial charge in [-0.15, -0.1) is 0 Å². The van der Waals surface area contributed by atoms with Crippen molar-refractivity contribution in [3.63, 3.8) is 0 Å². The van der Waals surface area contributed by atoms with Gasteiger partial charge < -0.3 is 9.73 Å². The number of amides is 1. The molecule has 0 saturated carbocycles. The maximum atomic E-state index is 12.3. The van der Waals surface area contributed by atoms with Gasteiger partial charge in [-0.3, -0.25) is 10.2 Å². The van der Waals surface area contributed by atoms with E-state index >= 15 is 0 Å². The molecule has 1 heterocycles. The van der Waals surface area contributed by atoms with E-state index in [1.807, 2.05) is 0 Å². The molecule has 23 heavy (non-hydrogen) atoms. The second-order valence-corrected chi connectivity index (χ2v) is 6.04. The molecule has 0 saturated heterocycles. The molecule has 4 nitrogen and oxygen atoms in total. The molecule has 0 atom stereocenters. The van der Waals surface area contributed by atoms with E-state index in [1.54, 1.807) is 30.3 Å². The zero-order valence-electron chi connectivity index (χ0n) is 11.5. The van der Waals surface area contributed by atoms with Crippen molar-refractivity contribution in [1.29, 1.82) is 5.41 Å². The SMILES string of the molecule is N=c1oc2c(Cl)cc(Cl)cc2cc1C(=O)Nc1ccc(Cl)cc1. The molecule has 116 valence electrons. The van der Waals surface area contributed by atoms with Gasteiger partial charge in [0.15, 0.2) is 5.58 Å². The van der Waals surface area contributed by atoms with Crippen LogP contribution in [-0.2, 0) is 0 Å². The summed E-state index contributed by atoms with van der Waals surface area (Å²) in [7, 11) is 0. The van der Waals surface area contributed by atoms with Gasteiger partial charge in [0.05, 0.1) is 5.02 Å². The van der Waals surface area contributed by atoms with Crippen LogP contribution < -0.4 is 10.9 Å². The van der Waals surface area contributed by atoms with Crippen LogP contribution in [0.15, 0.2) is 46.9 Å². The number of anilines is 1. The van der Waals surface area contributed by atoms with Crippen LogP contribution in [0.5, 0.6) is 0 Å². The van der Waals surface area contributed by atoms with Crippen molar-refractivity contribution >= 4 is 57.4 Å². The molecule has 0 aliphatic rings. The summed E-state index contributed by atoms with van der Waals surface area (Å²) in [6.45, 7) is 0. The Labute approximate surface area is 146 Å². The van der Waals surface area contributed by atoms with Gasteiger partial charge in [-0.1, -0.05) is 34.8 Å². The van der Waals surface area contributed by atoms with Crippen LogP contribution in [0.1, 0.15) is 10.4 Å². The van der Waals surface area contributed by atoms with E-state index in [0.717, 1.165) is 0 Å². The van der Waals surface area contributed by atoms with Crippen molar-refractivity contribution in [2.45, 2.75) is 0 Å². The molecule has 0 unspecified atom stereocenters. The summed E-state index contributed by atoms with van der Waals surface area (Å²) in [5, 5.41) is 12.4. The highest BCUT2D eigenvalue weighted by Gasteiger charge is 2.14. The van der Waals surface area contributed by atoms with Crippen molar-refractivity contribution in [3.05, 3.63) is 68.6 Å². The minimum absolute atomic E-state index is 0.0748. The number of benzene rings is 2. The molecule has 0 aliphatic heterocycles. The molecular formula is C16H9Cl3N2O2. The first kappa shape index (κ1) is 15.9. The van der Waals surface area contributed by atoms with Crippen molar-refractivity contribution in [2.75, 3.05) is 5.32 Å². The number of nitrogens with one attached hydrogen (secondary N) is 2. The average Bonchev–Trinajstić information content (AvgIpc) is 2.50. The van der Waals surface area contributed by atoms with E-state index in [9.17, 15) is 4.79 Å². The normalized spacial score (nSPS) is 10.7. The monoisotopic (exact) mass is 366 g/mol. The third-order valence-electron chi connectivity index (χ3n) is 3.13. The Morgan fingerprint density at radius 1 is 1.00 bits per heavy atom. The van der Waals surface area contributed by atoms with Gasteiger partial charge in [-0.2, -0.15) is 0 Å². The lowest BCUT2D eigenvalue weighted by Gasteiger charge is -2.07. The number of hydrogen-bond donors (Lipinski definition) is 2. The summed E-state index contributed by atoms with van der Waals surface area (Å²) in [6.07, 6.45) is 0. The van der Waals surface area contributed by atoms with E-state index in [1.165, 1.54) is 12.1 Å². The first-order valence-corrected chi connectivity index (χ1v) is 7.62. The van der Waals surface area contributed by atoms with Crippen LogP contribution in [0.3, 0.4) is 0 Å². The van der Waals surface area contributed by atoms with Crippen molar-refractivity contribution < 1.29 is 9.21 Å². The fraction of sp³-hybridized carbons (Fsp3) is 0. The Hall–Kier alpha value is -2.01. The molecule has 3 rings (SSSR count). The molecule has 7 heteroatoms. The van der Waals surface area contributed by atoms with E-state index in [0.29, 0.717) is 26.7 Å². The molecule has 0 bridgehead atoms. The highest BCUT2D eigenvalue weighted by molar-refractivity contribution is 6.38. The van der Waals surface area contributed by atoms with Gasteiger partial charge in [0.25, 0.3) is 5.91 Å². The van der Waals surface area contributed by atoms with Crippen LogP contribution in [0.4, 0.5) is 5.69 Å². The van der Waals surface area contributed by atoms with E-state index in [2.05, 4.69) is 5.32 Å². The van der Waals surface area contributed by atoms with Crippen LogP contribution in [0, 0.1) is 5.41 Å². The van der Waals surface area contributed by atoms with Crippen LogP contribution in [-0.4, -0.2) is 5.91 Å². The summed E-state index contributed by atoms with van der Waals surface area (Å²) in [5.41, 5.74) is 0.658.